The normalized spacial score (nSPS) is 11.0. The van der Waals surface area contributed by atoms with Gasteiger partial charge in [-0.2, -0.15) is 0 Å². The molecule has 0 aromatic heterocycles. The number of carbonyl (C=O) groups is 2. The Morgan fingerprint density at radius 2 is 2.10 bits per heavy atom. The van der Waals surface area contributed by atoms with Crippen LogP contribution in [0.4, 0.5) is 14.5 Å². The van der Waals surface area contributed by atoms with Crippen molar-refractivity contribution >= 4 is 17.4 Å². The molecule has 1 aromatic rings. The van der Waals surface area contributed by atoms with Crippen molar-refractivity contribution in [2.24, 2.45) is 0 Å². The fourth-order valence-corrected chi connectivity index (χ4v) is 1.79. The summed E-state index contributed by atoms with van der Waals surface area (Å²) in [6, 6.07) is 6.36. The average molecular weight is 300 g/mol. The van der Waals surface area contributed by atoms with Gasteiger partial charge in [0.1, 0.15) is 0 Å². The number of halogens is 2. The molecule has 2 N–H and O–H groups in total. The lowest BCUT2D eigenvalue weighted by atomic mass is 10.1. The van der Waals surface area contributed by atoms with Crippen molar-refractivity contribution in [2.75, 3.05) is 31.6 Å². The Labute approximate surface area is 121 Å². The topological polar surface area (TPSA) is 69.6 Å². The molecule has 0 saturated carbocycles. The van der Waals surface area contributed by atoms with E-state index in [4.69, 9.17) is 5.11 Å². The van der Waals surface area contributed by atoms with Gasteiger partial charge in [-0.05, 0) is 19.1 Å². The Hall–Kier alpha value is -1.86. The van der Waals surface area contributed by atoms with Crippen LogP contribution >= 0.6 is 0 Å². The van der Waals surface area contributed by atoms with E-state index < -0.39 is 18.9 Å². The van der Waals surface area contributed by atoms with Gasteiger partial charge >= 0.3 is 0 Å². The first kappa shape index (κ1) is 17.2. The second-order valence-corrected chi connectivity index (χ2v) is 4.53. The predicted molar refractivity (Wildman–Crippen MR) is 74.6 cm³/mol. The third-order valence-corrected chi connectivity index (χ3v) is 2.73. The summed E-state index contributed by atoms with van der Waals surface area (Å²) in [5, 5.41) is 11.3. The largest absolute Gasteiger partial charge is 0.395 e. The van der Waals surface area contributed by atoms with Crippen LogP contribution in [0.5, 0.6) is 0 Å². The van der Waals surface area contributed by atoms with Crippen LogP contribution in [0.1, 0.15) is 17.3 Å². The number of nitrogens with one attached hydrogen (secondary N) is 1. The van der Waals surface area contributed by atoms with Crippen molar-refractivity contribution in [2.45, 2.75) is 13.3 Å². The molecule has 0 bridgehead atoms. The lowest BCUT2D eigenvalue weighted by Gasteiger charge is -2.20. The van der Waals surface area contributed by atoms with E-state index in [0.29, 0.717) is 11.3 Å². The molecule has 0 radical (unpaired) electrons. The van der Waals surface area contributed by atoms with Crippen molar-refractivity contribution in [3.63, 3.8) is 0 Å². The van der Waals surface area contributed by atoms with Gasteiger partial charge in [0, 0.05) is 17.8 Å². The summed E-state index contributed by atoms with van der Waals surface area (Å²) in [7, 11) is 0. The number of Topliss-reactive ketones (excluding diaryl/α,β-unsaturated/α-hetero) is 1. The third-order valence-electron chi connectivity index (χ3n) is 2.73. The highest BCUT2D eigenvalue weighted by atomic mass is 19.3. The molecule has 0 aliphatic carbocycles. The quantitative estimate of drug-likeness (QED) is 0.712. The Morgan fingerprint density at radius 1 is 1.38 bits per heavy atom. The Bertz CT molecular complexity index is 495. The minimum Gasteiger partial charge on any atom is -0.395 e. The van der Waals surface area contributed by atoms with Gasteiger partial charge in [-0.25, -0.2) is 8.78 Å². The van der Waals surface area contributed by atoms with Crippen LogP contribution < -0.4 is 5.32 Å². The van der Waals surface area contributed by atoms with E-state index in [2.05, 4.69) is 5.32 Å². The maximum absolute atomic E-state index is 12.3. The van der Waals surface area contributed by atoms with E-state index in [1.54, 1.807) is 18.2 Å². The maximum Gasteiger partial charge on any atom is 0.251 e. The molecule has 0 aliphatic heterocycles. The molecular weight excluding hydrogens is 282 g/mol. The predicted octanol–water partition coefficient (Wildman–Crippen LogP) is 1.39. The average Bonchev–Trinajstić information content (AvgIpc) is 2.38. The number of amides is 1. The summed E-state index contributed by atoms with van der Waals surface area (Å²) in [5.74, 6) is -0.615. The van der Waals surface area contributed by atoms with E-state index in [1.165, 1.54) is 13.0 Å². The number of hydrogen-bond donors (Lipinski definition) is 2. The van der Waals surface area contributed by atoms with Crippen LogP contribution in [0.25, 0.3) is 0 Å². The molecule has 0 unspecified atom stereocenters. The molecule has 1 rings (SSSR count). The fraction of sp³-hybridized carbons (Fsp3) is 0.429. The van der Waals surface area contributed by atoms with Gasteiger partial charge in [-0.15, -0.1) is 0 Å². The van der Waals surface area contributed by atoms with E-state index in [0.717, 1.165) is 4.90 Å². The number of aliphatic hydroxyl groups excluding tert-OH is 1. The van der Waals surface area contributed by atoms with Gasteiger partial charge in [0.25, 0.3) is 6.43 Å². The summed E-state index contributed by atoms with van der Waals surface area (Å²) in [6.45, 7) is 0.258. The van der Waals surface area contributed by atoms with Crippen LogP contribution in [-0.2, 0) is 4.79 Å². The van der Waals surface area contributed by atoms with Crippen molar-refractivity contribution in [3.8, 4) is 0 Å². The molecule has 0 atom stereocenters. The van der Waals surface area contributed by atoms with Crippen molar-refractivity contribution in [1.29, 1.82) is 0 Å². The lowest BCUT2D eigenvalue weighted by Crippen LogP contribution is -2.38. The Balaban J connectivity index is 2.63. The molecule has 5 nitrogen and oxygen atoms in total. The number of hydrogen-bond acceptors (Lipinski definition) is 4. The van der Waals surface area contributed by atoms with Gasteiger partial charge in [-0.3, -0.25) is 14.5 Å². The van der Waals surface area contributed by atoms with E-state index in [9.17, 15) is 18.4 Å². The molecule has 0 saturated heterocycles. The second kappa shape index (κ2) is 8.43. The highest BCUT2D eigenvalue weighted by molar-refractivity contribution is 5.97. The fourth-order valence-electron chi connectivity index (χ4n) is 1.79. The monoisotopic (exact) mass is 300 g/mol. The van der Waals surface area contributed by atoms with Gasteiger partial charge < -0.3 is 10.4 Å². The number of nitrogens with zero attached hydrogens (tertiary/aromatic N) is 1. The number of rotatable bonds is 8. The maximum atomic E-state index is 12.3. The zero-order valence-corrected chi connectivity index (χ0v) is 11.7. The first-order valence-corrected chi connectivity index (χ1v) is 6.44. The number of benzene rings is 1. The number of aliphatic hydroxyl groups is 1. The smallest absolute Gasteiger partial charge is 0.251 e. The zero-order chi connectivity index (χ0) is 15.8. The molecule has 21 heavy (non-hydrogen) atoms. The zero-order valence-electron chi connectivity index (χ0n) is 11.7. The third kappa shape index (κ3) is 6.42. The molecule has 7 heteroatoms. The summed E-state index contributed by atoms with van der Waals surface area (Å²) in [5.41, 5.74) is 0.876. The molecule has 0 spiro atoms. The number of anilines is 1. The van der Waals surface area contributed by atoms with E-state index in [1.807, 2.05) is 0 Å². The van der Waals surface area contributed by atoms with Crippen LogP contribution in [0, 0.1) is 0 Å². The molecular formula is C14H18F2N2O3. The van der Waals surface area contributed by atoms with Crippen LogP contribution in [0.2, 0.25) is 0 Å². The first-order valence-electron chi connectivity index (χ1n) is 6.44. The molecule has 0 fully saturated rings. The number of alkyl halides is 2. The Kier molecular flexibility index (Phi) is 6.90. The van der Waals surface area contributed by atoms with Gasteiger partial charge in [0.05, 0.1) is 19.7 Å². The van der Waals surface area contributed by atoms with Gasteiger partial charge in [0.2, 0.25) is 5.91 Å². The first-order chi connectivity index (χ1) is 9.92. The summed E-state index contributed by atoms with van der Waals surface area (Å²) in [4.78, 5) is 24.2. The minimum atomic E-state index is -2.58. The SMILES string of the molecule is CC(=O)c1cccc(NC(=O)CN(CCO)CC(F)F)c1. The van der Waals surface area contributed by atoms with Gasteiger partial charge in [0.15, 0.2) is 5.78 Å². The number of carbonyl (C=O) groups excluding carboxylic acids is 2. The van der Waals surface area contributed by atoms with E-state index in [-0.39, 0.29) is 25.5 Å². The summed E-state index contributed by atoms with van der Waals surface area (Å²) in [6.07, 6.45) is -2.58. The van der Waals surface area contributed by atoms with Crippen molar-refractivity contribution < 1.29 is 23.5 Å². The molecule has 1 amide bonds. The lowest BCUT2D eigenvalue weighted by molar-refractivity contribution is -0.117. The number of ketones is 1. The highest BCUT2D eigenvalue weighted by Gasteiger charge is 2.15. The van der Waals surface area contributed by atoms with E-state index >= 15 is 0 Å². The highest BCUT2D eigenvalue weighted by Crippen LogP contribution is 2.11. The summed E-state index contributed by atoms with van der Waals surface area (Å²) >= 11 is 0. The standard InChI is InChI=1S/C14H18F2N2O3/c1-10(20)11-3-2-4-12(7-11)17-14(21)9-18(5-6-19)8-13(15)16/h2-4,7,13,19H,5-6,8-9H2,1H3,(H,17,21). The molecule has 1 aromatic carbocycles. The van der Waals surface area contributed by atoms with Crippen LogP contribution in [-0.4, -0.2) is 54.4 Å². The molecule has 116 valence electrons. The molecule has 0 heterocycles. The Morgan fingerprint density at radius 3 is 2.67 bits per heavy atom. The minimum absolute atomic E-state index is 0.00868. The van der Waals surface area contributed by atoms with Crippen LogP contribution in [0.15, 0.2) is 24.3 Å². The second-order valence-electron chi connectivity index (χ2n) is 4.53. The van der Waals surface area contributed by atoms with Crippen molar-refractivity contribution in [3.05, 3.63) is 29.8 Å². The van der Waals surface area contributed by atoms with Gasteiger partial charge in [-0.1, -0.05) is 12.1 Å². The summed E-state index contributed by atoms with van der Waals surface area (Å²) < 4.78 is 24.7. The molecule has 0 aliphatic rings. The van der Waals surface area contributed by atoms with Crippen molar-refractivity contribution in [1.82, 2.24) is 4.90 Å². The van der Waals surface area contributed by atoms with Crippen LogP contribution in [0.3, 0.4) is 0 Å².